The number of esters is 1. The van der Waals surface area contributed by atoms with Crippen LogP contribution in [-0.4, -0.2) is 29.8 Å². The molecule has 0 saturated heterocycles. The molecule has 0 aliphatic heterocycles. The maximum absolute atomic E-state index is 12.3. The molecule has 2 aromatic rings. The van der Waals surface area contributed by atoms with Crippen molar-refractivity contribution in [2.75, 3.05) is 7.11 Å². The van der Waals surface area contributed by atoms with E-state index in [1.54, 1.807) is 24.3 Å². The Hall–Kier alpha value is -2.95. The molecule has 2 rings (SSSR count). The van der Waals surface area contributed by atoms with Gasteiger partial charge in [-0.2, -0.15) is 0 Å². The van der Waals surface area contributed by atoms with Gasteiger partial charge in [0.2, 0.25) is 0 Å². The van der Waals surface area contributed by atoms with E-state index in [-0.39, 0.29) is 22.4 Å². The van der Waals surface area contributed by atoms with E-state index in [1.165, 1.54) is 31.4 Å². The topological polar surface area (TPSA) is 80.7 Å². The van der Waals surface area contributed by atoms with Crippen molar-refractivity contribution in [1.82, 2.24) is 0 Å². The van der Waals surface area contributed by atoms with Crippen LogP contribution >= 0.6 is 0 Å². The van der Waals surface area contributed by atoms with E-state index < -0.39 is 24.0 Å². The maximum Gasteiger partial charge on any atom is 0.338 e. The van der Waals surface area contributed by atoms with Crippen LogP contribution in [0.4, 0.5) is 0 Å². The Kier molecular flexibility index (Phi) is 4.68. The highest BCUT2D eigenvalue weighted by Crippen LogP contribution is 2.19. The predicted octanol–water partition coefficient (Wildman–Crippen LogP) is 2.63. The SMILES string of the molecule is COC(=O)c1ccccc1C(=O)CC(=O)c1ccccc1O. The van der Waals surface area contributed by atoms with Crippen LogP contribution in [0.25, 0.3) is 0 Å². The average molecular weight is 298 g/mol. The van der Waals surface area contributed by atoms with Gasteiger partial charge in [0.1, 0.15) is 5.75 Å². The molecule has 0 radical (unpaired) electrons. The van der Waals surface area contributed by atoms with Crippen LogP contribution in [0.3, 0.4) is 0 Å². The molecule has 0 amide bonds. The molecule has 0 heterocycles. The minimum Gasteiger partial charge on any atom is -0.507 e. The van der Waals surface area contributed by atoms with Crippen molar-refractivity contribution < 1.29 is 24.2 Å². The van der Waals surface area contributed by atoms with Crippen LogP contribution < -0.4 is 0 Å². The molecule has 1 N–H and O–H groups in total. The maximum atomic E-state index is 12.3. The fraction of sp³-hybridized carbons (Fsp3) is 0.118. The van der Waals surface area contributed by atoms with Gasteiger partial charge in [-0.25, -0.2) is 4.79 Å². The Morgan fingerprint density at radius 3 is 1.95 bits per heavy atom. The Balaban J connectivity index is 2.25. The lowest BCUT2D eigenvalue weighted by atomic mass is 9.97. The molecule has 0 aliphatic carbocycles. The first-order valence-corrected chi connectivity index (χ1v) is 6.56. The number of hydrogen-bond acceptors (Lipinski definition) is 5. The second-order valence-corrected chi connectivity index (χ2v) is 4.58. The lowest BCUT2D eigenvalue weighted by molar-refractivity contribution is 0.0596. The number of carbonyl (C=O) groups is 3. The third kappa shape index (κ3) is 3.20. The van der Waals surface area contributed by atoms with Gasteiger partial charge in [-0.15, -0.1) is 0 Å². The van der Waals surface area contributed by atoms with E-state index in [0.29, 0.717) is 0 Å². The zero-order chi connectivity index (χ0) is 16.1. The monoisotopic (exact) mass is 298 g/mol. The Labute approximate surface area is 127 Å². The third-order valence-corrected chi connectivity index (χ3v) is 3.16. The molecule has 112 valence electrons. The van der Waals surface area contributed by atoms with Crippen LogP contribution in [0.2, 0.25) is 0 Å². The average Bonchev–Trinajstić information content (AvgIpc) is 2.54. The van der Waals surface area contributed by atoms with Crippen molar-refractivity contribution in [3.05, 3.63) is 65.2 Å². The van der Waals surface area contributed by atoms with Crippen molar-refractivity contribution in [2.45, 2.75) is 6.42 Å². The molecule has 0 unspecified atom stereocenters. The van der Waals surface area contributed by atoms with Gasteiger partial charge in [0.05, 0.1) is 24.7 Å². The minimum atomic E-state index is -0.640. The number of aromatic hydroxyl groups is 1. The number of methoxy groups -OCH3 is 1. The summed E-state index contributed by atoms with van der Waals surface area (Å²) in [7, 11) is 1.22. The lowest BCUT2D eigenvalue weighted by Crippen LogP contribution is -2.14. The van der Waals surface area contributed by atoms with Crippen molar-refractivity contribution in [2.24, 2.45) is 0 Å². The molecule has 0 saturated carbocycles. The number of hydrogen-bond donors (Lipinski definition) is 1. The van der Waals surface area contributed by atoms with Gasteiger partial charge in [-0.1, -0.05) is 30.3 Å². The van der Waals surface area contributed by atoms with Crippen LogP contribution in [0.5, 0.6) is 5.75 Å². The highest BCUT2D eigenvalue weighted by Gasteiger charge is 2.21. The Morgan fingerprint density at radius 1 is 0.864 bits per heavy atom. The van der Waals surface area contributed by atoms with Crippen molar-refractivity contribution in [3.63, 3.8) is 0 Å². The smallest absolute Gasteiger partial charge is 0.338 e. The molecule has 0 bridgehead atoms. The number of carbonyl (C=O) groups excluding carboxylic acids is 3. The summed E-state index contributed by atoms with van der Waals surface area (Å²) in [6.45, 7) is 0. The van der Waals surface area contributed by atoms with Gasteiger partial charge in [-0.05, 0) is 18.2 Å². The van der Waals surface area contributed by atoms with Gasteiger partial charge in [0, 0.05) is 5.56 Å². The molecule has 0 fully saturated rings. The number of benzene rings is 2. The van der Waals surface area contributed by atoms with E-state index in [9.17, 15) is 19.5 Å². The first-order valence-electron chi connectivity index (χ1n) is 6.56. The van der Waals surface area contributed by atoms with E-state index in [4.69, 9.17) is 0 Å². The first-order chi connectivity index (χ1) is 10.5. The molecule has 0 spiro atoms. The normalized spacial score (nSPS) is 10.0. The van der Waals surface area contributed by atoms with Crippen molar-refractivity contribution in [3.8, 4) is 5.75 Å². The lowest BCUT2D eigenvalue weighted by Gasteiger charge is -2.07. The van der Waals surface area contributed by atoms with Crippen LogP contribution in [0.1, 0.15) is 37.5 Å². The molecule has 22 heavy (non-hydrogen) atoms. The number of Topliss-reactive ketones (excluding diaryl/α,β-unsaturated/α-hetero) is 2. The largest absolute Gasteiger partial charge is 0.507 e. The molecule has 5 heteroatoms. The third-order valence-electron chi connectivity index (χ3n) is 3.16. The summed E-state index contributed by atoms with van der Waals surface area (Å²) in [5.41, 5.74) is 0.310. The summed E-state index contributed by atoms with van der Waals surface area (Å²) in [5, 5.41) is 9.64. The molecular formula is C17H14O5. The van der Waals surface area contributed by atoms with E-state index in [1.807, 2.05) is 0 Å². The second kappa shape index (κ2) is 6.67. The van der Waals surface area contributed by atoms with E-state index in [2.05, 4.69) is 4.74 Å². The van der Waals surface area contributed by atoms with Gasteiger partial charge in [-0.3, -0.25) is 9.59 Å². The molecule has 0 aromatic heterocycles. The number of phenolic OH excluding ortho intramolecular Hbond substituents is 1. The Morgan fingerprint density at radius 2 is 1.36 bits per heavy atom. The number of ether oxygens (including phenoxy) is 1. The molecule has 0 aliphatic rings. The van der Waals surface area contributed by atoms with E-state index in [0.717, 1.165) is 0 Å². The van der Waals surface area contributed by atoms with Crippen LogP contribution in [-0.2, 0) is 4.74 Å². The number of rotatable bonds is 5. The summed E-state index contributed by atoms with van der Waals surface area (Å²) in [5.74, 6) is -1.84. The number of para-hydroxylation sites is 1. The summed E-state index contributed by atoms with van der Waals surface area (Å²) < 4.78 is 4.62. The zero-order valence-electron chi connectivity index (χ0n) is 11.9. The second-order valence-electron chi connectivity index (χ2n) is 4.58. The highest BCUT2D eigenvalue weighted by molar-refractivity contribution is 6.17. The van der Waals surface area contributed by atoms with Gasteiger partial charge in [0.15, 0.2) is 11.6 Å². The fourth-order valence-corrected chi connectivity index (χ4v) is 2.06. The summed E-state index contributed by atoms with van der Waals surface area (Å²) >= 11 is 0. The van der Waals surface area contributed by atoms with Crippen LogP contribution in [0, 0.1) is 0 Å². The van der Waals surface area contributed by atoms with Crippen molar-refractivity contribution >= 4 is 17.5 Å². The van der Waals surface area contributed by atoms with Gasteiger partial charge < -0.3 is 9.84 Å². The van der Waals surface area contributed by atoms with Gasteiger partial charge >= 0.3 is 5.97 Å². The summed E-state index contributed by atoms with van der Waals surface area (Å²) in [6.07, 6.45) is -0.439. The fourth-order valence-electron chi connectivity index (χ4n) is 2.06. The standard InChI is InChI=1S/C17H14O5/c1-22-17(21)12-7-3-2-6-11(12)15(19)10-16(20)13-8-4-5-9-14(13)18/h2-9,18H,10H2,1H3. The molecule has 2 aromatic carbocycles. The van der Waals surface area contributed by atoms with Gasteiger partial charge in [0.25, 0.3) is 0 Å². The quantitative estimate of drug-likeness (QED) is 0.521. The minimum absolute atomic E-state index is 0.0754. The number of phenols is 1. The summed E-state index contributed by atoms with van der Waals surface area (Å²) in [6, 6.07) is 12.1. The highest BCUT2D eigenvalue weighted by atomic mass is 16.5. The molecular weight excluding hydrogens is 284 g/mol. The Bertz CT molecular complexity index is 733. The van der Waals surface area contributed by atoms with Crippen molar-refractivity contribution in [1.29, 1.82) is 0 Å². The van der Waals surface area contributed by atoms with E-state index >= 15 is 0 Å². The summed E-state index contributed by atoms with van der Waals surface area (Å²) in [4.78, 5) is 36.0. The number of ketones is 2. The molecule has 0 atom stereocenters. The predicted molar refractivity (Wildman–Crippen MR) is 79.2 cm³/mol. The first kappa shape index (κ1) is 15.4. The van der Waals surface area contributed by atoms with Crippen LogP contribution in [0.15, 0.2) is 48.5 Å². The zero-order valence-corrected chi connectivity index (χ0v) is 11.9. The molecule has 5 nitrogen and oxygen atoms in total.